The first-order valence-electron chi connectivity index (χ1n) is 6.68. The van der Waals surface area contributed by atoms with E-state index in [4.69, 9.17) is 4.98 Å². The van der Waals surface area contributed by atoms with Crippen LogP contribution in [0.25, 0.3) is 0 Å². The quantitative estimate of drug-likeness (QED) is 0.710. The van der Waals surface area contributed by atoms with Crippen molar-refractivity contribution in [3.05, 3.63) is 22.3 Å². The van der Waals surface area contributed by atoms with Crippen LogP contribution in [0.3, 0.4) is 0 Å². The Hall–Kier alpha value is -0.0900. The zero-order valence-corrected chi connectivity index (χ0v) is 14.0. The van der Waals surface area contributed by atoms with E-state index >= 15 is 0 Å². The topological polar surface area (TPSA) is 16.1 Å². The second-order valence-electron chi connectivity index (χ2n) is 4.91. The highest BCUT2D eigenvalue weighted by molar-refractivity contribution is 9.10. The summed E-state index contributed by atoms with van der Waals surface area (Å²) in [5.74, 6) is 1.13. The second-order valence-corrected chi connectivity index (χ2v) is 6.56. The maximum Gasteiger partial charge on any atom is 0.129 e. The lowest BCUT2D eigenvalue weighted by atomic mass is 9.94. The number of hydrogen-bond donors (Lipinski definition) is 0. The van der Waals surface area contributed by atoms with Crippen molar-refractivity contribution in [2.45, 2.75) is 45.1 Å². The van der Waals surface area contributed by atoms with Gasteiger partial charge in [-0.15, -0.1) is 0 Å². The molecule has 1 heterocycles. The normalized spacial score (nSPS) is 16.8. The summed E-state index contributed by atoms with van der Waals surface area (Å²) < 4.78 is 1.09. The molecule has 0 unspecified atom stereocenters. The van der Waals surface area contributed by atoms with Gasteiger partial charge >= 0.3 is 0 Å². The van der Waals surface area contributed by atoms with Crippen LogP contribution in [0.4, 0.5) is 5.82 Å². The van der Waals surface area contributed by atoms with E-state index in [-0.39, 0.29) is 0 Å². The zero-order chi connectivity index (χ0) is 13.0. The Morgan fingerprint density at radius 1 is 1.28 bits per heavy atom. The van der Waals surface area contributed by atoms with Gasteiger partial charge in [0.25, 0.3) is 0 Å². The van der Waals surface area contributed by atoms with E-state index in [9.17, 15) is 0 Å². The molecule has 100 valence electrons. The number of halogens is 2. The number of aryl methyl sites for hydroxylation is 1. The third-order valence-electron chi connectivity index (χ3n) is 3.64. The molecule has 18 heavy (non-hydrogen) atoms. The van der Waals surface area contributed by atoms with Crippen molar-refractivity contribution in [3.63, 3.8) is 0 Å². The van der Waals surface area contributed by atoms with Crippen molar-refractivity contribution in [1.82, 2.24) is 4.98 Å². The molecule has 1 aromatic rings. The summed E-state index contributed by atoms with van der Waals surface area (Å²) in [6.45, 7) is 3.10. The maximum atomic E-state index is 4.73. The molecular formula is C14H20Br2N2. The predicted molar refractivity (Wildman–Crippen MR) is 84.7 cm³/mol. The van der Waals surface area contributed by atoms with Gasteiger partial charge in [-0.25, -0.2) is 4.98 Å². The Morgan fingerprint density at radius 3 is 2.61 bits per heavy atom. The van der Waals surface area contributed by atoms with Crippen molar-refractivity contribution in [2.24, 2.45) is 0 Å². The minimum atomic E-state index is 0.671. The number of pyridine rings is 1. The van der Waals surface area contributed by atoms with Gasteiger partial charge in [0.2, 0.25) is 0 Å². The van der Waals surface area contributed by atoms with Crippen LogP contribution in [0.5, 0.6) is 0 Å². The summed E-state index contributed by atoms with van der Waals surface area (Å²) in [5, 5.41) is 1.00. The fourth-order valence-corrected chi connectivity index (χ4v) is 3.26. The highest BCUT2D eigenvalue weighted by Gasteiger charge is 2.22. The van der Waals surface area contributed by atoms with Crippen molar-refractivity contribution in [1.29, 1.82) is 0 Å². The Bertz CT molecular complexity index is 389. The fourth-order valence-electron chi connectivity index (χ4n) is 2.66. The minimum absolute atomic E-state index is 0.671. The average molecular weight is 376 g/mol. The lowest BCUT2D eigenvalue weighted by Crippen LogP contribution is -2.38. The van der Waals surface area contributed by atoms with E-state index in [1.807, 2.05) is 0 Å². The average Bonchev–Trinajstić information content (AvgIpc) is 2.40. The third-order valence-corrected chi connectivity index (χ3v) is 4.83. The van der Waals surface area contributed by atoms with Gasteiger partial charge in [-0.3, -0.25) is 0 Å². The minimum Gasteiger partial charge on any atom is -0.353 e. The van der Waals surface area contributed by atoms with Crippen LogP contribution in [0.15, 0.2) is 16.6 Å². The van der Waals surface area contributed by atoms with Crippen LogP contribution in [-0.4, -0.2) is 22.9 Å². The Morgan fingerprint density at radius 2 is 2.00 bits per heavy atom. The molecule has 0 atom stereocenters. The first-order chi connectivity index (χ1) is 8.72. The molecule has 0 radical (unpaired) electrons. The fraction of sp³-hybridized carbons (Fsp3) is 0.643. The van der Waals surface area contributed by atoms with Crippen LogP contribution in [0.1, 0.15) is 37.8 Å². The Kier molecular flexibility index (Phi) is 5.49. The van der Waals surface area contributed by atoms with Gasteiger partial charge in [0.1, 0.15) is 5.82 Å². The molecule has 0 spiro atoms. The van der Waals surface area contributed by atoms with Crippen LogP contribution in [0.2, 0.25) is 0 Å². The molecule has 0 aliphatic heterocycles. The van der Waals surface area contributed by atoms with Gasteiger partial charge in [-0.2, -0.15) is 0 Å². The van der Waals surface area contributed by atoms with E-state index in [1.54, 1.807) is 0 Å². The predicted octanol–water partition coefficient (Wildman–Crippen LogP) is 4.69. The summed E-state index contributed by atoms with van der Waals surface area (Å²) >= 11 is 7.09. The van der Waals surface area contributed by atoms with Gasteiger partial charge < -0.3 is 4.90 Å². The van der Waals surface area contributed by atoms with Crippen LogP contribution >= 0.6 is 31.9 Å². The number of anilines is 1. The molecular weight excluding hydrogens is 356 g/mol. The smallest absolute Gasteiger partial charge is 0.129 e. The summed E-state index contributed by atoms with van der Waals surface area (Å²) in [6.07, 6.45) is 6.73. The van der Waals surface area contributed by atoms with E-state index in [0.29, 0.717) is 6.04 Å². The van der Waals surface area contributed by atoms with E-state index < -0.39 is 0 Å². The lowest BCUT2D eigenvalue weighted by molar-refractivity contribution is 0.417. The standard InChI is InChI=1S/C14H20Br2N2/c1-11-13(16)7-8-14(17-11)18(10-9-15)12-5-3-2-4-6-12/h7-8,12H,2-6,9-10H2,1H3. The molecule has 0 N–H and O–H groups in total. The largest absolute Gasteiger partial charge is 0.353 e. The summed E-state index contributed by atoms with van der Waals surface area (Å²) in [7, 11) is 0. The molecule has 1 aliphatic rings. The summed E-state index contributed by atoms with van der Waals surface area (Å²) in [4.78, 5) is 7.20. The summed E-state index contributed by atoms with van der Waals surface area (Å²) in [6, 6.07) is 4.92. The number of alkyl halides is 1. The van der Waals surface area contributed by atoms with Gasteiger partial charge in [-0.05, 0) is 47.8 Å². The number of hydrogen-bond acceptors (Lipinski definition) is 2. The highest BCUT2D eigenvalue weighted by Crippen LogP contribution is 2.27. The van der Waals surface area contributed by atoms with E-state index in [0.717, 1.165) is 27.9 Å². The molecule has 2 nitrogen and oxygen atoms in total. The molecule has 1 aliphatic carbocycles. The monoisotopic (exact) mass is 374 g/mol. The SMILES string of the molecule is Cc1nc(N(CCBr)C2CCCCC2)ccc1Br. The van der Waals surface area contributed by atoms with Crippen LogP contribution in [-0.2, 0) is 0 Å². The molecule has 0 saturated heterocycles. The lowest BCUT2D eigenvalue weighted by Gasteiger charge is -2.35. The van der Waals surface area contributed by atoms with Gasteiger partial charge in [0.05, 0.1) is 5.69 Å². The van der Waals surface area contributed by atoms with Gasteiger partial charge in [-0.1, -0.05) is 35.2 Å². The number of nitrogens with zero attached hydrogens (tertiary/aromatic N) is 2. The van der Waals surface area contributed by atoms with Gasteiger partial charge in [0.15, 0.2) is 0 Å². The second kappa shape index (κ2) is 6.90. The first kappa shape index (κ1) is 14.3. The Labute approximate surface area is 126 Å². The molecule has 2 rings (SSSR count). The molecule has 0 amide bonds. The number of rotatable bonds is 4. The van der Waals surface area contributed by atoms with Crippen LogP contribution in [0, 0.1) is 6.92 Å². The van der Waals surface area contributed by atoms with Crippen molar-refractivity contribution in [2.75, 3.05) is 16.8 Å². The number of aromatic nitrogens is 1. The third kappa shape index (κ3) is 3.47. The molecule has 1 aromatic heterocycles. The summed E-state index contributed by atoms with van der Waals surface area (Å²) in [5.41, 5.74) is 1.07. The molecule has 0 bridgehead atoms. The van der Waals surface area contributed by atoms with Crippen LogP contribution < -0.4 is 4.90 Å². The van der Waals surface area contributed by atoms with Crippen molar-refractivity contribution >= 4 is 37.7 Å². The van der Waals surface area contributed by atoms with Crippen molar-refractivity contribution < 1.29 is 0 Å². The van der Waals surface area contributed by atoms with Gasteiger partial charge in [0, 0.05) is 22.4 Å². The maximum absolute atomic E-state index is 4.73. The first-order valence-corrected chi connectivity index (χ1v) is 8.59. The molecule has 1 fully saturated rings. The van der Waals surface area contributed by atoms with E-state index in [2.05, 4.69) is 55.8 Å². The molecule has 0 aromatic carbocycles. The highest BCUT2D eigenvalue weighted by atomic mass is 79.9. The molecule has 1 saturated carbocycles. The van der Waals surface area contributed by atoms with Crippen molar-refractivity contribution in [3.8, 4) is 0 Å². The Balaban J connectivity index is 2.19. The molecule has 4 heteroatoms. The zero-order valence-electron chi connectivity index (χ0n) is 10.8. The van der Waals surface area contributed by atoms with E-state index in [1.165, 1.54) is 32.1 Å².